The molecule has 1 unspecified atom stereocenters. The van der Waals surface area contributed by atoms with Gasteiger partial charge in [0, 0.05) is 34.8 Å². The second kappa shape index (κ2) is 14.4. The third-order valence-electron chi connectivity index (χ3n) is 8.07. The first kappa shape index (κ1) is 34.3. The summed E-state index contributed by atoms with van der Waals surface area (Å²) in [6, 6.07) is 21.9. The van der Waals surface area contributed by atoms with E-state index in [1.54, 1.807) is 18.3 Å². The lowest BCUT2D eigenvalue weighted by Crippen LogP contribution is -2.51. The monoisotopic (exact) mass is 666 g/mol. The summed E-state index contributed by atoms with van der Waals surface area (Å²) in [7, 11) is 0. The number of rotatable bonds is 10. The molecule has 48 heavy (non-hydrogen) atoms. The first-order valence-corrected chi connectivity index (χ1v) is 16.5. The minimum atomic E-state index is -1.17. The summed E-state index contributed by atoms with van der Waals surface area (Å²) in [6.07, 6.45) is 3.53. The Balaban J connectivity index is 1.24. The summed E-state index contributed by atoms with van der Waals surface area (Å²) in [4.78, 5) is 43.9. The predicted octanol–water partition coefficient (Wildman–Crippen LogP) is 6.80. The third-order valence-corrected chi connectivity index (χ3v) is 9.58. The van der Waals surface area contributed by atoms with Crippen molar-refractivity contribution >= 4 is 40.9 Å². The molecule has 3 atom stereocenters. The Kier molecular flexibility index (Phi) is 10.2. The molecule has 0 spiro atoms. The molecule has 4 aromatic rings. The second-order valence-electron chi connectivity index (χ2n) is 13.0. The number of hydrogen-bond donors (Lipinski definition) is 4. The maximum absolute atomic E-state index is 14.4. The fourth-order valence-electron chi connectivity index (χ4n) is 5.19. The number of carboxylic acids is 1. The number of amides is 2. The van der Waals surface area contributed by atoms with Crippen LogP contribution in [-0.2, 0) is 21.4 Å². The van der Waals surface area contributed by atoms with Gasteiger partial charge in [0.15, 0.2) is 0 Å². The molecule has 8 nitrogen and oxygen atoms in total. The van der Waals surface area contributed by atoms with E-state index in [1.165, 1.54) is 24.3 Å². The molecule has 2 heterocycles. The van der Waals surface area contributed by atoms with Gasteiger partial charge in [-0.2, -0.15) is 0 Å². The fraction of sp³-hybridized carbons (Fsp3) is 0.263. The molecular formula is C38H39FN4O4S. The Labute approximate surface area is 283 Å². The molecule has 1 aliphatic rings. The van der Waals surface area contributed by atoms with Gasteiger partial charge in [-0.25, -0.2) is 4.39 Å². The number of carbonyl (C=O) groups is 3. The molecule has 0 saturated carbocycles. The number of thiophene rings is 1. The Morgan fingerprint density at radius 1 is 0.958 bits per heavy atom. The van der Waals surface area contributed by atoms with Crippen LogP contribution >= 0.6 is 11.3 Å². The van der Waals surface area contributed by atoms with Gasteiger partial charge >= 0.3 is 5.97 Å². The summed E-state index contributed by atoms with van der Waals surface area (Å²) in [5, 5.41) is 17.9. The average Bonchev–Trinajstić information content (AvgIpc) is 3.57. The molecule has 0 saturated heterocycles. The highest BCUT2D eigenvalue weighted by Gasteiger charge is 2.27. The number of aryl methyl sites for hydroxylation is 1. The summed E-state index contributed by atoms with van der Waals surface area (Å²) >= 11 is 1.37. The molecular weight excluding hydrogens is 628 g/mol. The Morgan fingerprint density at radius 2 is 1.65 bits per heavy atom. The molecule has 1 aromatic heterocycles. The van der Waals surface area contributed by atoms with Gasteiger partial charge in [0.1, 0.15) is 24.1 Å². The van der Waals surface area contributed by atoms with Crippen LogP contribution in [0.4, 0.5) is 4.39 Å². The van der Waals surface area contributed by atoms with Crippen molar-refractivity contribution in [1.82, 2.24) is 16.0 Å². The third kappa shape index (κ3) is 8.24. The van der Waals surface area contributed by atoms with Gasteiger partial charge in [0.2, 0.25) is 5.91 Å². The minimum absolute atomic E-state index is 0.122. The molecule has 0 fully saturated rings. The Bertz CT molecular complexity index is 1870. The molecule has 2 amide bonds. The van der Waals surface area contributed by atoms with E-state index in [9.17, 15) is 23.9 Å². The molecule has 1 aliphatic heterocycles. The number of carboxylic acid groups (broad SMARTS) is 1. The maximum Gasteiger partial charge on any atom is 0.325 e. The fourth-order valence-corrected chi connectivity index (χ4v) is 6.16. The van der Waals surface area contributed by atoms with Crippen LogP contribution in [0, 0.1) is 12.7 Å². The SMILES string of the molecule is Cc1ccc(-c2ccc(C3=CNC(c4ccc(C[C@H](NC(=O)c5ccc(C(C)(C)C)s5)C(=O)N[C@H](C)C(=O)O)cc4)N=C3)cc2)c(F)c1. The van der Waals surface area contributed by atoms with Gasteiger partial charge in [-0.1, -0.05) is 81.4 Å². The van der Waals surface area contributed by atoms with Gasteiger partial charge in [0.25, 0.3) is 5.91 Å². The molecule has 248 valence electrons. The molecule has 3 aromatic carbocycles. The first-order chi connectivity index (χ1) is 22.8. The highest BCUT2D eigenvalue weighted by atomic mass is 32.1. The zero-order valence-electron chi connectivity index (χ0n) is 27.5. The number of aliphatic carboxylic acids is 1. The molecule has 0 bridgehead atoms. The van der Waals surface area contributed by atoms with E-state index in [-0.39, 0.29) is 23.8 Å². The zero-order valence-corrected chi connectivity index (χ0v) is 28.3. The lowest BCUT2D eigenvalue weighted by atomic mass is 9.95. The van der Waals surface area contributed by atoms with Crippen molar-refractivity contribution in [3.63, 3.8) is 0 Å². The van der Waals surface area contributed by atoms with Crippen LogP contribution in [0.25, 0.3) is 16.7 Å². The van der Waals surface area contributed by atoms with Gasteiger partial charge in [0.05, 0.1) is 4.88 Å². The number of carbonyl (C=O) groups excluding carboxylic acids is 2. The average molecular weight is 667 g/mol. The Hall–Kier alpha value is -5.09. The van der Waals surface area contributed by atoms with Gasteiger partial charge in [-0.3, -0.25) is 19.4 Å². The second-order valence-corrected chi connectivity index (χ2v) is 14.0. The number of aliphatic imine (C=N–C) groups is 1. The quantitative estimate of drug-likeness (QED) is 0.148. The van der Waals surface area contributed by atoms with E-state index in [1.807, 2.05) is 73.8 Å². The van der Waals surface area contributed by atoms with Crippen LogP contribution in [0.15, 0.2) is 90.1 Å². The van der Waals surface area contributed by atoms with Crippen LogP contribution in [0.2, 0.25) is 0 Å². The summed E-state index contributed by atoms with van der Waals surface area (Å²) < 4.78 is 14.4. The highest BCUT2D eigenvalue weighted by molar-refractivity contribution is 7.14. The van der Waals surface area contributed by atoms with E-state index in [0.717, 1.165) is 38.3 Å². The molecule has 0 radical (unpaired) electrons. The Morgan fingerprint density at radius 3 is 2.23 bits per heavy atom. The standard InChI is InChI=1S/C38H39FN4O4S/c1-22-6-15-29(30(39)18-22)26-13-11-25(12-14-26)28-20-40-34(41-21-28)27-9-7-24(8-10-27)19-31(35(44)42-23(2)37(46)47)43-36(45)32-16-17-33(48-32)38(3,4)5/h6-18,20-21,23,31,34,40H,19H2,1-5H3,(H,42,44)(H,43,45)(H,46,47)/t23-,31+,34?/m1/s1. The van der Waals surface area contributed by atoms with Crippen molar-refractivity contribution in [3.8, 4) is 11.1 Å². The predicted molar refractivity (Wildman–Crippen MR) is 189 cm³/mol. The molecule has 0 aliphatic carbocycles. The molecule has 4 N–H and O–H groups in total. The summed E-state index contributed by atoms with van der Waals surface area (Å²) in [5.74, 6) is -2.39. The van der Waals surface area contributed by atoms with E-state index in [2.05, 4.69) is 41.7 Å². The minimum Gasteiger partial charge on any atom is -0.480 e. The van der Waals surface area contributed by atoms with E-state index in [4.69, 9.17) is 0 Å². The van der Waals surface area contributed by atoms with E-state index >= 15 is 0 Å². The van der Waals surface area contributed by atoms with Crippen molar-refractivity contribution in [2.75, 3.05) is 0 Å². The van der Waals surface area contributed by atoms with Gasteiger partial charge in [-0.15, -0.1) is 11.3 Å². The van der Waals surface area contributed by atoms with Crippen LogP contribution < -0.4 is 16.0 Å². The van der Waals surface area contributed by atoms with Crippen molar-refractivity contribution in [2.45, 2.75) is 64.7 Å². The highest BCUT2D eigenvalue weighted by Crippen LogP contribution is 2.30. The maximum atomic E-state index is 14.4. The molecule has 5 rings (SSSR count). The normalized spacial score (nSPS) is 15.5. The van der Waals surface area contributed by atoms with Crippen LogP contribution in [-0.4, -0.2) is 41.2 Å². The van der Waals surface area contributed by atoms with Crippen LogP contribution in [0.1, 0.15) is 70.7 Å². The smallest absolute Gasteiger partial charge is 0.325 e. The lowest BCUT2D eigenvalue weighted by Gasteiger charge is -2.21. The van der Waals surface area contributed by atoms with Crippen molar-refractivity contribution in [3.05, 3.63) is 123 Å². The largest absolute Gasteiger partial charge is 0.480 e. The summed E-state index contributed by atoms with van der Waals surface area (Å²) in [5.41, 5.74) is 5.62. The van der Waals surface area contributed by atoms with E-state index in [0.29, 0.717) is 10.4 Å². The number of allylic oxidation sites excluding steroid dienone is 1. The number of nitrogens with one attached hydrogen (secondary N) is 3. The molecule has 10 heteroatoms. The van der Waals surface area contributed by atoms with Crippen LogP contribution in [0.3, 0.4) is 0 Å². The van der Waals surface area contributed by atoms with E-state index < -0.39 is 29.9 Å². The number of hydrogen-bond acceptors (Lipinski definition) is 6. The zero-order chi connectivity index (χ0) is 34.6. The summed E-state index contributed by atoms with van der Waals surface area (Å²) in [6.45, 7) is 9.42. The van der Waals surface area contributed by atoms with Crippen molar-refractivity contribution in [2.24, 2.45) is 4.99 Å². The number of halogens is 1. The topological polar surface area (TPSA) is 120 Å². The van der Waals surface area contributed by atoms with Crippen LogP contribution in [0.5, 0.6) is 0 Å². The van der Waals surface area contributed by atoms with Gasteiger partial charge in [-0.05, 0) is 65.3 Å². The van der Waals surface area contributed by atoms with Crippen molar-refractivity contribution in [1.29, 1.82) is 0 Å². The number of benzene rings is 3. The van der Waals surface area contributed by atoms with Gasteiger partial charge < -0.3 is 21.1 Å². The van der Waals surface area contributed by atoms with Crippen molar-refractivity contribution < 1.29 is 23.9 Å². The first-order valence-electron chi connectivity index (χ1n) is 15.7. The number of nitrogens with zero attached hydrogens (tertiary/aromatic N) is 1. The lowest BCUT2D eigenvalue weighted by molar-refractivity contribution is -0.141.